The maximum Gasteiger partial charge on any atom is 0.280 e. The van der Waals surface area contributed by atoms with E-state index in [1.165, 1.54) is 12.1 Å². The molecule has 0 aliphatic carbocycles. The highest BCUT2D eigenvalue weighted by Crippen LogP contribution is 2.24. The predicted molar refractivity (Wildman–Crippen MR) is 79.6 cm³/mol. The van der Waals surface area contributed by atoms with E-state index in [0.29, 0.717) is 35.5 Å². The van der Waals surface area contributed by atoms with Crippen LogP contribution in [0.3, 0.4) is 0 Å². The molecule has 0 radical (unpaired) electrons. The van der Waals surface area contributed by atoms with E-state index in [1.807, 2.05) is 13.8 Å². The minimum Gasteiger partial charge on any atom is -0.354 e. The van der Waals surface area contributed by atoms with Crippen LogP contribution in [0.25, 0.3) is 0 Å². The number of hydrogen-bond acceptors (Lipinski definition) is 3. The Bertz CT molecular complexity index is 577. The van der Waals surface area contributed by atoms with Gasteiger partial charge in [0.1, 0.15) is 0 Å². The number of amides is 1. The zero-order valence-corrected chi connectivity index (χ0v) is 12.1. The topological polar surface area (TPSA) is 96.6 Å². The summed E-state index contributed by atoms with van der Waals surface area (Å²) in [5, 5.41) is 16.9. The van der Waals surface area contributed by atoms with Crippen LogP contribution in [0.15, 0.2) is 17.1 Å². The van der Waals surface area contributed by atoms with Gasteiger partial charge in [-0.1, -0.05) is 13.8 Å². The van der Waals surface area contributed by atoms with Gasteiger partial charge in [0, 0.05) is 30.8 Å². The first-order valence-electron chi connectivity index (χ1n) is 6.97. The van der Waals surface area contributed by atoms with Gasteiger partial charge in [-0.3, -0.25) is 14.9 Å². The van der Waals surface area contributed by atoms with Crippen molar-refractivity contribution in [2.24, 2.45) is 4.99 Å². The average Bonchev–Trinajstić information content (AvgIpc) is 2.98. The lowest BCUT2D eigenvalue weighted by Gasteiger charge is -2.10. The largest absolute Gasteiger partial charge is 0.354 e. The van der Waals surface area contributed by atoms with Crippen molar-refractivity contribution < 1.29 is 9.72 Å². The smallest absolute Gasteiger partial charge is 0.280 e. The second kappa shape index (κ2) is 6.34. The van der Waals surface area contributed by atoms with Gasteiger partial charge in [-0.15, -0.1) is 0 Å². The van der Waals surface area contributed by atoms with E-state index in [0.717, 1.165) is 13.1 Å². The van der Waals surface area contributed by atoms with Gasteiger partial charge in [-0.25, -0.2) is 0 Å². The molecule has 7 nitrogen and oxygen atoms in total. The van der Waals surface area contributed by atoms with E-state index in [1.54, 1.807) is 0 Å². The molecule has 1 saturated heterocycles. The van der Waals surface area contributed by atoms with Crippen molar-refractivity contribution in [2.45, 2.75) is 26.7 Å². The van der Waals surface area contributed by atoms with E-state index in [2.05, 4.69) is 15.6 Å². The number of carbonyl (C=O) groups excluding carboxylic acids is 1. The number of non-ortho nitro benzene ring substituents is 1. The number of nitro benzene ring substituents is 1. The number of aliphatic imine (C=N–C) groups is 1. The quantitative estimate of drug-likeness (QED) is 0.645. The van der Waals surface area contributed by atoms with Crippen LogP contribution in [0.1, 0.15) is 35.3 Å². The molecule has 21 heavy (non-hydrogen) atoms. The van der Waals surface area contributed by atoms with Crippen molar-refractivity contribution in [2.75, 3.05) is 13.1 Å². The van der Waals surface area contributed by atoms with Crippen molar-refractivity contribution in [3.05, 3.63) is 38.9 Å². The summed E-state index contributed by atoms with van der Waals surface area (Å²) >= 11 is 0. The summed E-state index contributed by atoms with van der Waals surface area (Å²) in [6.07, 6.45) is 1.09. The Hall–Kier alpha value is -2.44. The molecule has 2 N–H and O–H groups in total. The van der Waals surface area contributed by atoms with Crippen molar-refractivity contribution in [1.29, 1.82) is 0 Å². The average molecular weight is 290 g/mol. The third kappa shape index (κ3) is 3.18. The fourth-order valence-electron chi connectivity index (χ4n) is 2.35. The molecule has 0 unspecified atom stereocenters. The van der Waals surface area contributed by atoms with E-state index in [4.69, 9.17) is 0 Å². The number of benzene rings is 1. The number of nitrogens with zero attached hydrogens (tertiary/aromatic N) is 2. The normalized spacial score (nSPS) is 13.5. The van der Waals surface area contributed by atoms with Crippen LogP contribution in [-0.4, -0.2) is 29.9 Å². The van der Waals surface area contributed by atoms with E-state index >= 15 is 0 Å². The molecule has 1 fully saturated rings. The first-order valence-corrected chi connectivity index (χ1v) is 6.97. The number of carbonyl (C=O) groups is 1. The van der Waals surface area contributed by atoms with Crippen LogP contribution in [-0.2, 0) is 12.8 Å². The molecule has 1 aromatic rings. The molecule has 1 aliphatic heterocycles. The fourth-order valence-corrected chi connectivity index (χ4v) is 2.35. The highest BCUT2D eigenvalue weighted by Gasteiger charge is 2.20. The Kier molecular flexibility index (Phi) is 4.52. The van der Waals surface area contributed by atoms with Crippen LogP contribution in [0.4, 0.5) is 5.69 Å². The first-order chi connectivity index (χ1) is 10.1. The molecular weight excluding hydrogens is 272 g/mol. The van der Waals surface area contributed by atoms with Crippen LogP contribution in [0.2, 0.25) is 0 Å². The molecule has 112 valence electrons. The molecule has 1 aliphatic rings. The van der Waals surface area contributed by atoms with Gasteiger partial charge in [0.15, 0.2) is 5.96 Å². The number of rotatable bonds is 4. The second-order valence-corrected chi connectivity index (χ2v) is 4.72. The second-order valence-electron chi connectivity index (χ2n) is 4.72. The number of hydrogen-bond donors (Lipinski definition) is 2. The van der Waals surface area contributed by atoms with Gasteiger partial charge in [0.2, 0.25) is 0 Å². The summed E-state index contributed by atoms with van der Waals surface area (Å²) in [7, 11) is 0. The van der Waals surface area contributed by atoms with Gasteiger partial charge in [0.05, 0.1) is 4.92 Å². The summed E-state index contributed by atoms with van der Waals surface area (Å²) < 4.78 is 0. The molecule has 2 rings (SSSR count). The molecule has 1 heterocycles. The van der Waals surface area contributed by atoms with Crippen molar-refractivity contribution in [3.8, 4) is 0 Å². The summed E-state index contributed by atoms with van der Waals surface area (Å²) in [4.78, 5) is 27.0. The van der Waals surface area contributed by atoms with Crippen molar-refractivity contribution >= 4 is 17.6 Å². The monoisotopic (exact) mass is 290 g/mol. The molecule has 0 bridgehead atoms. The van der Waals surface area contributed by atoms with Crippen molar-refractivity contribution in [3.63, 3.8) is 0 Å². The highest BCUT2D eigenvalue weighted by molar-refractivity contribution is 6.05. The summed E-state index contributed by atoms with van der Waals surface area (Å²) in [6, 6.07) is 2.92. The first kappa shape index (κ1) is 15.0. The van der Waals surface area contributed by atoms with Gasteiger partial charge < -0.3 is 10.6 Å². The third-order valence-corrected chi connectivity index (χ3v) is 3.40. The summed E-state index contributed by atoms with van der Waals surface area (Å²) in [6.45, 7) is 5.20. The molecule has 0 aromatic heterocycles. The van der Waals surface area contributed by atoms with Gasteiger partial charge in [-0.2, -0.15) is 4.99 Å². The molecule has 0 spiro atoms. The third-order valence-electron chi connectivity index (χ3n) is 3.40. The number of nitrogens with one attached hydrogen (secondary N) is 2. The van der Waals surface area contributed by atoms with Crippen LogP contribution in [0, 0.1) is 10.1 Å². The van der Waals surface area contributed by atoms with Gasteiger partial charge >= 0.3 is 0 Å². The Balaban J connectivity index is 2.48. The Morgan fingerprint density at radius 3 is 2.19 bits per heavy atom. The van der Waals surface area contributed by atoms with Crippen LogP contribution < -0.4 is 10.6 Å². The van der Waals surface area contributed by atoms with E-state index in [-0.39, 0.29) is 11.6 Å². The van der Waals surface area contributed by atoms with Gasteiger partial charge in [0.25, 0.3) is 11.6 Å². The zero-order valence-electron chi connectivity index (χ0n) is 12.1. The SMILES string of the molecule is CCc1cc([N+](=O)[O-])cc(CC)c1C(=O)N=C1NCCN1. The van der Waals surface area contributed by atoms with Crippen LogP contribution >= 0.6 is 0 Å². The Morgan fingerprint density at radius 2 is 1.76 bits per heavy atom. The molecule has 0 atom stereocenters. The number of nitro groups is 1. The van der Waals surface area contributed by atoms with Crippen molar-refractivity contribution in [1.82, 2.24) is 10.6 Å². The number of aryl methyl sites for hydroxylation is 2. The number of guanidine groups is 1. The minimum absolute atomic E-state index is 0.0185. The summed E-state index contributed by atoms with van der Waals surface area (Å²) in [5.74, 6) is 0.0953. The Morgan fingerprint density at radius 1 is 1.24 bits per heavy atom. The lowest BCUT2D eigenvalue weighted by molar-refractivity contribution is -0.385. The predicted octanol–water partition coefficient (Wildman–Crippen LogP) is 1.41. The van der Waals surface area contributed by atoms with Crippen LogP contribution in [0.5, 0.6) is 0 Å². The van der Waals surface area contributed by atoms with E-state index in [9.17, 15) is 14.9 Å². The lowest BCUT2D eigenvalue weighted by Crippen LogP contribution is -2.25. The van der Waals surface area contributed by atoms with E-state index < -0.39 is 4.92 Å². The lowest BCUT2D eigenvalue weighted by atomic mass is 9.96. The fraction of sp³-hybridized carbons (Fsp3) is 0.429. The maximum absolute atomic E-state index is 12.4. The Labute approximate surface area is 122 Å². The molecule has 1 amide bonds. The highest BCUT2D eigenvalue weighted by atomic mass is 16.6. The maximum atomic E-state index is 12.4. The molecule has 1 aromatic carbocycles. The molecule has 7 heteroatoms. The standard InChI is InChI=1S/C14H18N4O3/c1-3-9-7-11(18(20)21)8-10(4-2)12(9)13(19)17-14-15-5-6-16-14/h7-8H,3-6H2,1-2H3,(H2,15,16,17,19). The molecular formula is C14H18N4O3. The molecule has 0 saturated carbocycles. The summed E-state index contributed by atoms with van der Waals surface area (Å²) in [5.41, 5.74) is 1.82. The zero-order chi connectivity index (χ0) is 15.4. The van der Waals surface area contributed by atoms with Gasteiger partial charge in [-0.05, 0) is 24.0 Å². The minimum atomic E-state index is -0.432.